The Morgan fingerprint density at radius 3 is 2.64 bits per heavy atom. The van der Waals surface area contributed by atoms with Crippen LogP contribution in [0.4, 0.5) is 0 Å². The van der Waals surface area contributed by atoms with E-state index in [-0.39, 0.29) is 23.5 Å². The molecule has 0 unspecified atom stereocenters. The normalized spacial score (nSPS) is 11.7. The number of nitrogens with one attached hydrogen (secondary N) is 1. The van der Waals surface area contributed by atoms with E-state index in [0.29, 0.717) is 28.5 Å². The lowest BCUT2D eigenvalue weighted by Crippen LogP contribution is -2.38. The highest BCUT2D eigenvalue weighted by molar-refractivity contribution is 6.31. The van der Waals surface area contributed by atoms with Gasteiger partial charge in [-0.1, -0.05) is 25.4 Å². The summed E-state index contributed by atoms with van der Waals surface area (Å²) >= 11 is 6.30. The number of aryl methyl sites for hydroxylation is 1. The number of benzene rings is 1. The van der Waals surface area contributed by atoms with Gasteiger partial charge in [-0.3, -0.25) is 33.2 Å². The third-order valence-electron chi connectivity index (χ3n) is 6.59. The number of hydroxylamine groups is 1. The summed E-state index contributed by atoms with van der Waals surface area (Å²) in [6, 6.07) is 9.00. The molecule has 5 aromatic rings. The van der Waals surface area contributed by atoms with Gasteiger partial charge in [0.05, 0.1) is 30.4 Å². The van der Waals surface area contributed by atoms with E-state index in [1.54, 1.807) is 40.8 Å². The highest BCUT2D eigenvalue weighted by Gasteiger charge is 2.25. The number of pyridine rings is 1. The summed E-state index contributed by atoms with van der Waals surface area (Å²) in [6.07, 6.45) is 3.35. The lowest BCUT2D eigenvalue weighted by Gasteiger charge is -2.11. The molecule has 4 aromatic heterocycles. The van der Waals surface area contributed by atoms with Gasteiger partial charge in [0, 0.05) is 43.4 Å². The number of halogens is 1. The highest BCUT2D eigenvalue weighted by atomic mass is 35.5. The first kappa shape index (κ1) is 26.4. The first-order valence-corrected chi connectivity index (χ1v) is 12.7. The van der Waals surface area contributed by atoms with Crippen molar-refractivity contribution in [2.75, 3.05) is 7.11 Å². The van der Waals surface area contributed by atoms with E-state index in [9.17, 15) is 14.4 Å². The number of hydrogen-bond donors (Lipinski definition) is 1. The SMILES string of the molecule is CONC(=O)c1cc(-c2c3c(=O)n(C)c(=O)n(CC(C)C)c3nn2Cc2ccnc3ccc(Cl)cc23)n(C)c1. The average Bonchev–Trinajstić information content (AvgIpc) is 3.46. The second kappa shape index (κ2) is 10.2. The number of carbonyl (C=O) groups is 1. The van der Waals surface area contributed by atoms with E-state index in [1.165, 1.54) is 18.7 Å². The minimum Gasteiger partial charge on any atom is -0.348 e. The standard InChI is InChI=1S/C27H28ClN7O4/c1-15(2)12-34-24-22(26(37)33(4)27(34)38)23(21-10-17(13-32(21)3)25(36)31-39-5)35(30-24)14-16-8-9-29-20-7-6-18(28)11-19(16)20/h6-11,13,15H,12,14H2,1-5H3,(H,31,36). The number of carbonyl (C=O) groups excluding carboxylic acids is 1. The van der Waals surface area contributed by atoms with Crippen LogP contribution in [0.1, 0.15) is 29.8 Å². The fourth-order valence-corrected chi connectivity index (χ4v) is 4.99. The van der Waals surface area contributed by atoms with Gasteiger partial charge in [0.25, 0.3) is 11.5 Å². The zero-order valence-corrected chi connectivity index (χ0v) is 23.0. The van der Waals surface area contributed by atoms with Crippen LogP contribution in [0, 0.1) is 5.92 Å². The zero-order valence-electron chi connectivity index (χ0n) is 22.2. The number of fused-ring (bicyclic) bond motifs is 2. The van der Waals surface area contributed by atoms with Gasteiger partial charge in [-0.2, -0.15) is 5.10 Å². The molecule has 0 radical (unpaired) electrons. The Bertz CT molecular complexity index is 1860. The maximum Gasteiger partial charge on any atom is 0.332 e. The van der Waals surface area contributed by atoms with E-state index in [2.05, 4.69) is 10.5 Å². The van der Waals surface area contributed by atoms with Gasteiger partial charge in [-0.25, -0.2) is 10.3 Å². The molecule has 0 aliphatic rings. The molecule has 1 aromatic carbocycles. The third-order valence-corrected chi connectivity index (χ3v) is 6.83. The molecule has 0 fully saturated rings. The topological polar surface area (TPSA) is 118 Å². The van der Waals surface area contributed by atoms with Crippen LogP contribution in [-0.4, -0.2) is 41.5 Å². The average molecular weight is 550 g/mol. The van der Waals surface area contributed by atoms with Gasteiger partial charge in [-0.05, 0) is 41.8 Å². The molecule has 1 amide bonds. The van der Waals surface area contributed by atoms with Crippen molar-refractivity contribution in [2.45, 2.75) is 26.9 Å². The lowest BCUT2D eigenvalue weighted by molar-refractivity contribution is 0.0537. The molecular weight excluding hydrogens is 522 g/mol. The zero-order chi connectivity index (χ0) is 28.0. The van der Waals surface area contributed by atoms with Gasteiger partial charge >= 0.3 is 5.69 Å². The summed E-state index contributed by atoms with van der Waals surface area (Å²) in [5.74, 6) is -0.309. The maximum atomic E-state index is 13.6. The molecule has 0 saturated carbocycles. The number of amides is 1. The molecule has 0 aliphatic heterocycles. The molecule has 4 heterocycles. The summed E-state index contributed by atoms with van der Waals surface area (Å²) in [4.78, 5) is 48.6. The quantitative estimate of drug-likeness (QED) is 0.312. The molecule has 39 heavy (non-hydrogen) atoms. The van der Waals surface area contributed by atoms with E-state index in [1.807, 2.05) is 32.0 Å². The Morgan fingerprint density at radius 1 is 1.15 bits per heavy atom. The fraction of sp³-hybridized carbons (Fsp3) is 0.296. The predicted octanol–water partition coefficient (Wildman–Crippen LogP) is 3.10. The van der Waals surface area contributed by atoms with Crippen molar-refractivity contribution in [3.05, 3.63) is 79.7 Å². The summed E-state index contributed by atoms with van der Waals surface area (Å²) < 4.78 is 6.08. The summed E-state index contributed by atoms with van der Waals surface area (Å²) in [5, 5.41) is 6.53. The summed E-state index contributed by atoms with van der Waals surface area (Å²) in [7, 11) is 4.59. The largest absolute Gasteiger partial charge is 0.348 e. The molecule has 0 aliphatic carbocycles. The number of nitrogens with zero attached hydrogens (tertiary/aromatic N) is 6. The Balaban J connectivity index is 1.84. The number of aromatic nitrogens is 6. The molecule has 0 saturated heterocycles. The van der Waals surface area contributed by atoms with Crippen molar-refractivity contribution in [3.63, 3.8) is 0 Å². The minimum atomic E-state index is -0.469. The van der Waals surface area contributed by atoms with E-state index >= 15 is 0 Å². The fourth-order valence-electron chi connectivity index (χ4n) is 4.82. The lowest BCUT2D eigenvalue weighted by atomic mass is 10.1. The van der Waals surface area contributed by atoms with Crippen molar-refractivity contribution in [2.24, 2.45) is 20.0 Å². The smallest absolute Gasteiger partial charge is 0.332 e. The van der Waals surface area contributed by atoms with E-state index < -0.39 is 17.2 Å². The number of rotatable bonds is 7. The second-order valence-electron chi connectivity index (χ2n) is 9.85. The second-order valence-corrected chi connectivity index (χ2v) is 10.3. The van der Waals surface area contributed by atoms with Crippen LogP contribution >= 0.6 is 11.6 Å². The molecule has 202 valence electrons. The van der Waals surface area contributed by atoms with Gasteiger partial charge in [0.2, 0.25) is 0 Å². The van der Waals surface area contributed by atoms with E-state index in [0.717, 1.165) is 21.0 Å². The van der Waals surface area contributed by atoms with Crippen molar-refractivity contribution in [1.29, 1.82) is 0 Å². The third kappa shape index (κ3) is 4.64. The van der Waals surface area contributed by atoms with Crippen LogP contribution in [0.3, 0.4) is 0 Å². The summed E-state index contributed by atoms with van der Waals surface area (Å²) in [5.41, 5.74) is 4.72. The number of hydrogen-bond acceptors (Lipinski definition) is 6. The van der Waals surface area contributed by atoms with Crippen LogP contribution in [0.5, 0.6) is 0 Å². The van der Waals surface area contributed by atoms with Crippen LogP contribution in [-0.2, 0) is 32.0 Å². The maximum absolute atomic E-state index is 13.6. The first-order chi connectivity index (χ1) is 18.6. The summed E-state index contributed by atoms with van der Waals surface area (Å²) in [6.45, 7) is 4.62. The Morgan fingerprint density at radius 2 is 1.92 bits per heavy atom. The van der Waals surface area contributed by atoms with E-state index in [4.69, 9.17) is 21.5 Å². The van der Waals surface area contributed by atoms with Crippen LogP contribution in [0.15, 0.2) is 52.3 Å². The Hall–Kier alpha value is -4.22. The molecule has 0 bridgehead atoms. The molecule has 5 rings (SSSR count). The van der Waals surface area contributed by atoms with Crippen LogP contribution in [0.2, 0.25) is 5.02 Å². The molecular formula is C27H28ClN7O4. The van der Waals surface area contributed by atoms with Crippen molar-refractivity contribution in [1.82, 2.24) is 33.9 Å². The van der Waals surface area contributed by atoms with Crippen LogP contribution in [0.25, 0.3) is 33.3 Å². The Kier molecular flexibility index (Phi) is 6.87. The molecule has 0 spiro atoms. The molecule has 12 heteroatoms. The predicted molar refractivity (Wildman–Crippen MR) is 149 cm³/mol. The van der Waals surface area contributed by atoms with Gasteiger partial charge in [0.15, 0.2) is 5.65 Å². The Labute approximate surface area is 228 Å². The molecule has 1 N–H and O–H groups in total. The molecule has 0 atom stereocenters. The monoisotopic (exact) mass is 549 g/mol. The molecule has 11 nitrogen and oxygen atoms in total. The van der Waals surface area contributed by atoms with Gasteiger partial charge in [-0.15, -0.1) is 0 Å². The van der Waals surface area contributed by atoms with Crippen LogP contribution < -0.4 is 16.7 Å². The van der Waals surface area contributed by atoms with Gasteiger partial charge in [0.1, 0.15) is 11.1 Å². The van der Waals surface area contributed by atoms with Crippen molar-refractivity contribution < 1.29 is 9.63 Å². The minimum absolute atomic E-state index is 0.127. The van der Waals surface area contributed by atoms with Crippen molar-refractivity contribution >= 4 is 39.4 Å². The first-order valence-electron chi connectivity index (χ1n) is 12.3. The van der Waals surface area contributed by atoms with Crippen molar-refractivity contribution in [3.8, 4) is 11.4 Å². The van der Waals surface area contributed by atoms with Gasteiger partial charge < -0.3 is 4.57 Å². The highest BCUT2D eigenvalue weighted by Crippen LogP contribution is 2.30.